The molecule has 0 saturated carbocycles. The van der Waals surface area contributed by atoms with Crippen molar-refractivity contribution in [1.82, 2.24) is 15.1 Å². The number of benzene rings is 1. The van der Waals surface area contributed by atoms with Gasteiger partial charge in [0.1, 0.15) is 12.4 Å². The predicted molar refractivity (Wildman–Crippen MR) is 104 cm³/mol. The van der Waals surface area contributed by atoms with Crippen LogP contribution in [0, 0.1) is 18.7 Å². The molecule has 0 unspecified atom stereocenters. The molecule has 2 aromatic rings. The molecule has 0 spiro atoms. The monoisotopic (exact) mass is 361 g/mol. The number of halogens is 1. The quantitative estimate of drug-likeness (QED) is 0.622. The fraction of sp³-hybridized carbons (Fsp3) is 0.571. The summed E-state index contributed by atoms with van der Waals surface area (Å²) in [7, 11) is 1.92. The van der Waals surface area contributed by atoms with Crippen molar-refractivity contribution >= 4 is 0 Å². The normalized spacial score (nSPS) is 11.3. The average molecular weight is 362 g/mol. The van der Waals surface area contributed by atoms with Crippen molar-refractivity contribution in [3.8, 4) is 5.88 Å². The Bertz CT molecular complexity index is 678. The lowest BCUT2D eigenvalue weighted by Gasteiger charge is -2.17. The molecule has 0 aliphatic carbocycles. The molecule has 0 aliphatic heterocycles. The van der Waals surface area contributed by atoms with Crippen molar-refractivity contribution in [3.05, 3.63) is 46.9 Å². The average Bonchev–Trinajstić information content (AvgIpc) is 2.96. The molecule has 144 valence electrons. The number of hydrogen-bond donors (Lipinski definition) is 1. The Morgan fingerprint density at radius 1 is 1.19 bits per heavy atom. The zero-order valence-electron chi connectivity index (χ0n) is 16.5. The third kappa shape index (κ3) is 5.84. The summed E-state index contributed by atoms with van der Waals surface area (Å²) in [6.07, 6.45) is 4.76. The van der Waals surface area contributed by atoms with Gasteiger partial charge in [0.25, 0.3) is 0 Å². The van der Waals surface area contributed by atoms with Gasteiger partial charge in [0.05, 0.1) is 5.69 Å². The molecular formula is C21H32FN3O. The maximum atomic E-state index is 13.3. The number of aromatic nitrogens is 2. The summed E-state index contributed by atoms with van der Waals surface area (Å²) in [6, 6.07) is 6.82. The van der Waals surface area contributed by atoms with E-state index in [1.54, 1.807) is 12.1 Å². The first-order valence-electron chi connectivity index (χ1n) is 9.66. The highest BCUT2D eigenvalue weighted by Gasteiger charge is 2.15. The number of rotatable bonds is 11. The van der Waals surface area contributed by atoms with E-state index >= 15 is 0 Å². The van der Waals surface area contributed by atoms with E-state index in [4.69, 9.17) is 9.84 Å². The van der Waals surface area contributed by atoms with E-state index in [-0.39, 0.29) is 5.82 Å². The standard InChI is InChI=1S/C21H32FN3O/c1-5-7-17(8-6-2)14-25-21(12-20(24-25)13-23-4)26-15-18-9-10-19(22)11-16(18)3/h9-12,17,23H,5-8,13-15H2,1-4H3. The molecule has 1 aromatic carbocycles. The van der Waals surface area contributed by atoms with Crippen molar-refractivity contribution < 1.29 is 9.13 Å². The lowest BCUT2D eigenvalue weighted by molar-refractivity contribution is 0.254. The van der Waals surface area contributed by atoms with E-state index in [0.29, 0.717) is 19.1 Å². The summed E-state index contributed by atoms with van der Waals surface area (Å²) < 4.78 is 21.4. The zero-order chi connectivity index (χ0) is 18.9. The smallest absolute Gasteiger partial charge is 0.212 e. The molecule has 1 aromatic heterocycles. The van der Waals surface area contributed by atoms with Crippen LogP contribution in [0.15, 0.2) is 24.3 Å². The van der Waals surface area contributed by atoms with Crippen LogP contribution in [0.25, 0.3) is 0 Å². The van der Waals surface area contributed by atoms with Gasteiger partial charge in [-0.1, -0.05) is 32.8 Å². The summed E-state index contributed by atoms with van der Waals surface area (Å²) in [5, 5.41) is 7.87. The van der Waals surface area contributed by atoms with Crippen LogP contribution in [-0.4, -0.2) is 16.8 Å². The SMILES string of the molecule is CCCC(CCC)Cn1nc(CNC)cc1OCc1ccc(F)cc1C. The van der Waals surface area contributed by atoms with Crippen LogP contribution in [0.3, 0.4) is 0 Å². The van der Waals surface area contributed by atoms with Gasteiger partial charge in [0, 0.05) is 19.2 Å². The molecule has 0 fully saturated rings. The van der Waals surface area contributed by atoms with Crippen LogP contribution < -0.4 is 10.1 Å². The second-order valence-electron chi connectivity index (χ2n) is 6.99. The first kappa shape index (κ1) is 20.4. The minimum Gasteiger partial charge on any atom is -0.473 e. The van der Waals surface area contributed by atoms with Crippen LogP contribution in [0.4, 0.5) is 4.39 Å². The molecule has 0 radical (unpaired) electrons. The molecule has 1 N–H and O–H groups in total. The topological polar surface area (TPSA) is 39.1 Å². The minimum absolute atomic E-state index is 0.213. The first-order chi connectivity index (χ1) is 12.6. The van der Waals surface area contributed by atoms with E-state index in [1.165, 1.54) is 31.7 Å². The van der Waals surface area contributed by atoms with Crippen molar-refractivity contribution in [2.24, 2.45) is 5.92 Å². The fourth-order valence-electron chi connectivity index (χ4n) is 3.33. The molecule has 26 heavy (non-hydrogen) atoms. The van der Waals surface area contributed by atoms with Gasteiger partial charge in [-0.15, -0.1) is 0 Å². The molecular weight excluding hydrogens is 329 g/mol. The highest BCUT2D eigenvalue weighted by atomic mass is 19.1. The summed E-state index contributed by atoms with van der Waals surface area (Å²) in [4.78, 5) is 0. The van der Waals surface area contributed by atoms with Crippen LogP contribution in [0.5, 0.6) is 5.88 Å². The molecule has 1 heterocycles. The molecule has 0 saturated heterocycles. The second kappa shape index (κ2) is 10.3. The summed E-state index contributed by atoms with van der Waals surface area (Å²) in [5.74, 6) is 1.19. The Morgan fingerprint density at radius 2 is 1.92 bits per heavy atom. The minimum atomic E-state index is -0.213. The zero-order valence-corrected chi connectivity index (χ0v) is 16.5. The number of nitrogens with one attached hydrogen (secondary N) is 1. The van der Waals surface area contributed by atoms with Crippen LogP contribution in [0.1, 0.15) is 56.4 Å². The van der Waals surface area contributed by atoms with Gasteiger partial charge in [-0.25, -0.2) is 9.07 Å². The van der Waals surface area contributed by atoms with Crippen LogP contribution in [0.2, 0.25) is 0 Å². The maximum Gasteiger partial charge on any atom is 0.212 e. The molecule has 5 heteroatoms. The highest BCUT2D eigenvalue weighted by molar-refractivity contribution is 5.26. The van der Waals surface area contributed by atoms with E-state index < -0.39 is 0 Å². The van der Waals surface area contributed by atoms with Crippen molar-refractivity contribution in [2.45, 2.75) is 66.2 Å². The van der Waals surface area contributed by atoms with E-state index in [1.807, 2.05) is 24.7 Å². The van der Waals surface area contributed by atoms with Crippen LogP contribution >= 0.6 is 0 Å². The third-order valence-electron chi connectivity index (χ3n) is 4.66. The number of ether oxygens (including phenoxy) is 1. The van der Waals surface area contributed by atoms with Gasteiger partial charge >= 0.3 is 0 Å². The van der Waals surface area contributed by atoms with Gasteiger partial charge in [-0.05, 0) is 56.0 Å². The second-order valence-corrected chi connectivity index (χ2v) is 6.99. The molecule has 2 rings (SSSR count). The summed E-state index contributed by atoms with van der Waals surface area (Å²) in [6.45, 7) is 8.38. The Balaban J connectivity index is 2.14. The van der Waals surface area contributed by atoms with Gasteiger partial charge in [-0.3, -0.25) is 0 Å². The maximum absolute atomic E-state index is 13.3. The fourth-order valence-corrected chi connectivity index (χ4v) is 3.33. The van der Waals surface area contributed by atoms with Gasteiger partial charge < -0.3 is 10.1 Å². The largest absolute Gasteiger partial charge is 0.473 e. The van der Waals surface area contributed by atoms with Crippen molar-refractivity contribution in [2.75, 3.05) is 7.05 Å². The van der Waals surface area contributed by atoms with E-state index in [2.05, 4.69) is 19.2 Å². The number of nitrogens with zero attached hydrogens (tertiary/aromatic N) is 2. The lowest BCUT2D eigenvalue weighted by Crippen LogP contribution is -2.14. The van der Waals surface area contributed by atoms with Gasteiger partial charge in [0.15, 0.2) is 0 Å². The Kier molecular flexibility index (Phi) is 8.10. The molecule has 0 amide bonds. The summed E-state index contributed by atoms with van der Waals surface area (Å²) in [5.41, 5.74) is 2.87. The first-order valence-corrected chi connectivity index (χ1v) is 9.66. The van der Waals surface area contributed by atoms with Crippen molar-refractivity contribution in [3.63, 3.8) is 0 Å². The number of aryl methyl sites for hydroxylation is 1. The van der Waals surface area contributed by atoms with Gasteiger partial charge in [-0.2, -0.15) is 5.10 Å². The molecule has 0 bridgehead atoms. The van der Waals surface area contributed by atoms with Crippen molar-refractivity contribution in [1.29, 1.82) is 0 Å². The summed E-state index contributed by atoms with van der Waals surface area (Å²) >= 11 is 0. The van der Waals surface area contributed by atoms with E-state index in [9.17, 15) is 4.39 Å². The predicted octanol–water partition coefficient (Wildman–Crippen LogP) is 4.85. The highest BCUT2D eigenvalue weighted by Crippen LogP contribution is 2.22. The number of hydrogen-bond acceptors (Lipinski definition) is 3. The molecule has 4 nitrogen and oxygen atoms in total. The third-order valence-corrected chi connectivity index (χ3v) is 4.66. The van der Waals surface area contributed by atoms with Gasteiger partial charge in [0.2, 0.25) is 5.88 Å². The lowest BCUT2D eigenvalue weighted by atomic mass is 9.98. The Labute approximate surface area is 156 Å². The van der Waals surface area contributed by atoms with Crippen LogP contribution in [-0.2, 0) is 19.7 Å². The Hall–Kier alpha value is -1.88. The Morgan fingerprint density at radius 3 is 2.54 bits per heavy atom. The molecule has 0 aliphatic rings. The van der Waals surface area contributed by atoms with E-state index in [0.717, 1.165) is 29.2 Å². The molecule has 0 atom stereocenters.